The van der Waals surface area contributed by atoms with Crippen molar-refractivity contribution in [3.05, 3.63) is 24.1 Å². The minimum atomic E-state index is -1.19. The maximum absolute atomic E-state index is 14.1. The van der Waals surface area contributed by atoms with Crippen LogP contribution < -0.4 is 5.32 Å². The van der Waals surface area contributed by atoms with Gasteiger partial charge in [-0.3, -0.25) is 5.32 Å². The van der Waals surface area contributed by atoms with E-state index in [-0.39, 0.29) is 11.7 Å². The van der Waals surface area contributed by atoms with Crippen molar-refractivity contribution in [1.82, 2.24) is 9.78 Å². The Morgan fingerprint density at radius 3 is 3.05 bits per heavy atom. The number of halogens is 1. The number of amides is 1. The first-order valence-electron chi connectivity index (χ1n) is 6.44. The Kier molecular flexibility index (Phi) is 3.27. The van der Waals surface area contributed by atoms with Crippen LogP contribution in [0, 0.1) is 5.82 Å². The third-order valence-corrected chi connectivity index (χ3v) is 3.38. The molecule has 0 saturated carbocycles. The smallest absolute Gasteiger partial charge is 0.409 e. The van der Waals surface area contributed by atoms with E-state index in [0.29, 0.717) is 17.7 Å². The van der Waals surface area contributed by atoms with E-state index in [1.54, 1.807) is 0 Å². The van der Waals surface area contributed by atoms with Crippen LogP contribution in [0.3, 0.4) is 0 Å². The lowest BCUT2D eigenvalue weighted by molar-refractivity contribution is -0.0369. The second kappa shape index (κ2) is 5.09. The zero-order chi connectivity index (χ0) is 14.1. The van der Waals surface area contributed by atoms with Gasteiger partial charge in [-0.15, -0.1) is 0 Å². The topological polar surface area (TPSA) is 76.4 Å². The predicted molar refractivity (Wildman–Crippen MR) is 70.2 cm³/mol. The lowest BCUT2D eigenvalue weighted by Gasteiger charge is -2.23. The highest BCUT2D eigenvalue weighted by atomic mass is 19.1. The number of carbonyl (C=O) groups is 1. The molecule has 1 amide bonds. The van der Waals surface area contributed by atoms with Gasteiger partial charge in [-0.1, -0.05) is 0 Å². The summed E-state index contributed by atoms with van der Waals surface area (Å²) in [5.41, 5.74) is 0.583. The Labute approximate surface area is 114 Å². The van der Waals surface area contributed by atoms with Crippen LogP contribution in [-0.2, 0) is 4.74 Å². The van der Waals surface area contributed by atoms with E-state index in [9.17, 15) is 9.18 Å². The molecule has 3 rings (SSSR count). The molecule has 20 heavy (non-hydrogen) atoms. The van der Waals surface area contributed by atoms with Crippen LogP contribution in [0.1, 0.15) is 25.5 Å². The van der Waals surface area contributed by atoms with Crippen LogP contribution in [0.4, 0.5) is 14.9 Å². The highest BCUT2D eigenvalue weighted by Crippen LogP contribution is 2.31. The van der Waals surface area contributed by atoms with Crippen LogP contribution in [0.5, 0.6) is 0 Å². The van der Waals surface area contributed by atoms with Crippen LogP contribution in [-0.4, -0.2) is 27.6 Å². The summed E-state index contributed by atoms with van der Waals surface area (Å²) >= 11 is 0. The van der Waals surface area contributed by atoms with Gasteiger partial charge in [0.05, 0.1) is 11.9 Å². The number of carboxylic acid groups (broad SMARTS) is 1. The molecule has 6 nitrogen and oxygen atoms in total. The van der Waals surface area contributed by atoms with Gasteiger partial charge in [0.1, 0.15) is 11.3 Å². The van der Waals surface area contributed by atoms with Crippen molar-refractivity contribution >= 4 is 22.7 Å². The van der Waals surface area contributed by atoms with Gasteiger partial charge >= 0.3 is 6.09 Å². The van der Waals surface area contributed by atoms with E-state index in [1.807, 2.05) is 0 Å². The Morgan fingerprint density at radius 2 is 2.35 bits per heavy atom. The van der Waals surface area contributed by atoms with Crippen molar-refractivity contribution in [3.8, 4) is 0 Å². The van der Waals surface area contributed by atoms with Gasteiger partial charge in [-0.05, 0) is 31.4 Å². The summed E-state index contributed by atoms with van der Waals surface area (Å²) in [5.74, 6) is -0.442. The Morgan fingerprint density at radius 1 is 1.50 bits per heavy atom. The molecule has 1 atom stereocenters. The quantitative estimate of drug-likeness (QED) is 0.886. The molecule has 1 aliphatic rings. The molecule has 1 fully saturated rings. The fraction of sp³-hybridized carbons (Fsp3) is 0.385. The maximum atomic E-state index is 14.1. The molecule has 0 spiro atoms. The monoisotopic (exact) mass is 279 g/mol. The molecule has 1 unspecified atom stereocenters. The number of nitrogens with zero attached hydrogens (tertiary/aromatic N) is 2. The second-order valence-corrected chi connectivity index (χ2v) is 4.70. The Balaban J connectivity index is 2.08. The van der Waals surface area contributed by atoms with E-state index in [2.05, 4.69) is 10.4 Å². The number of nitrogens with one attached hydrogen (secondary N) is 1. The number of fused-ring (bicyclic) bond motifs is 1. The highest BCUT2D eigenvalue weighted by Gasteiger charge is 2.21. The minimum Gasteiger partial charge on any atom is -0.465 e. The Bertz CT molecular complexity index is 650. The highest BCUT2D eigenvalue weighted by molar-refractivity contribution is 5.98. The molecule has 2 aromatic rings. The molecule has 1 aliphatic heterocycles. The molecule has 2 N–H and O–H groups in total. The SMILES string of the molecule is O=C(O)Nc1ccc(F)c2c1cnn2C1CCCCO1. The van der Waals surface area contributed by atoms with Crippen molar-refractivity contribution in [2.75, 3.05) is 11.9 Å². The fourth-order valence-corrected chi connectivity index (χ4v) is 2.48. The zero-order valence-corrected chi connectivity index (χ0v) is 10.7. The normalized spacial score (nSPS) is 19.1. The zero-order valence-electron chi connectivity index (χ0n) is 10.7. The summed E-state index contributed by atoms with van der Waals surface area (Å²) in [6.45, 7) is 0.626. The summed E-state index contributed by atoms with van der Waals surface area (Å²) in [5, 5.41) is 15.6. The van der Waals surface area contributed by atoms with E-state index < -0.39 is 11.9 Å². The summed E-state index contributed by atoms with van der Waals surface area (Å²) < 4.78 is 21.2. The van der Waals surface area contributed by atoms with Crippen LogP contribution in [0.15, 0.2) is 18.3 Å². The standard InChI is InChI=1S/C13H14FN3O3/c14-9-4-5-10(16-13(18)19)8-7-15-17(12(8)9)11-3-1-2-6-20-11/h4-5,7,11,16H,1-3,6H2,(H,18,19). The Hall–Kier alpha value is -2.15. The molecular weight excluding hydrogens is 265 g/mol. The average molecular weight is 279 g/mol. The van der Waals surface area contributed by atoms with Gasteiger partial charge in [-0.25, -0.2) is 13.9 Å². The number of anilines is 1. The molecule has 0 aliphatic carbocycles. The van der Waals surface area contributed by atoms with Gasteiger partial charge in [0.25, 0.3) is 0 Å². The molecule has 0 radical (unpaired) electrons. The van der Waals surface area contributed by atoms with Crippen LogP contribution in [0.2, 0.25) is 0 Å². The molecule has 1 aromatic carbocycles. The van der Waals surface area contributed by atoms with Gasteiger partial charge < -0.3 is 9.84 Å². The number of ether oxygens (including phenoxy) is 1. The van der Waals surface area contributed by atoms with E-state index in [1.165, 1.54) is 23.0 Å². The molecule has 1 aromatic heterocycles. The summed E-state index contributed by atoms with van der Waals surface area (Å²) in [6, 6.07) is 2.62. The van der Waals surface area contributed by atoms with Gasteiger partial charge in [0.15, 0.2) is 6.23 Å². The van der Waals surface area contributed by atoms with Crippen molar-refractivity contribution in [3.63, 3.8) is 0 Å². The van der Waals surface area contributed by atoms with E-state index >= 15 is 0 Å². The minimum absolute atomic E-state index is 0.267. The number of benzene rings is 1. The molecule has 1 saturated heterocycles. The van der Waals surface area contributed by atoms with Gasteiger partial charge in [-0.2, -0.15) is 5.10 Å². The summed E-state index contributed by atoms with van der Waals surface area (Å²) in [4.78, 5) is 10.7. The predicted octanol–water partition coefficient (Wildman–Crippen LogP) is 2.96. The molecule has 2 heterocycles. The molecule has 106 valence electrons. The largest absolute Gasteiger partial charge is 0.465 e. The van der Waals surface area contributed by atoms with Crippen molar-refractivity contribution in [2.24, 2.45) is 0 Å². The number of aromatic nitrogens is 2. The lowest BCUT2D eigenvalue weighted by atomic mass is 10.1. The number of hydrogen-bond acceptors (Lipinski definition) is 3. The fourth-order valence-electron chi connectivity index (χ4n) is 2.48. The maximum Gasteiger partial charge on any atom is 0.409 e. The second-order valence-electron chi connectivity index (χ2n) is 4.70. The van der Waals surface area contributed by atoms with Gasteiger partial charge in [0, 0.05) is 12.0 Å². The van der Waals surface area contributed by atoms with Crippen molar-refractivity contribution in [1.29, 1.82) is 0 Å². The third-order valence-electron chi connectivity index (χ3n) is 3.38. The summed E-state index contributed by atoms with van der Waals surface area (Å²) in [6.07, 6.45) is 2.73. The number of hydrogen-bond donors (Lipinski definition) is 2. The van der Waals surface area contributed by atoms with Crippen molar-refractivity contribution < 1.29 is 19.0 Å². The first kappa shape index (κ1) is 12.9. The average Bonchev–Trinajstić information content (AvgIpc) is 2.88. The molecule has 7 heteroatoms. The van der Waals surface area contributed by atoms with E-state index in [4.69, 9.17) is 9.84 Å². The van der Waals surface area contributed by atoms with Crippen LogP contribution >= 0.6 is 0 Å². The lowest BCUT2D eigenvalue weighted by Crippen LogP contribution is -2.19. The summed E-state index contributed by atoms with van der Waals surface area (Å²) in [7, 11) is 0. The third kappa shape index (κ3) is 2.20. The van der Waals surface area contributed by atoms with Crippen molar-refractivity contribution in [2.45, 2.75) is 25.5 Å². The van der Waals surface area contributed by atoms with Gasteiger partial charge in [0.2, 0.25) is 0 Å². The first-order chi connectivity index (χ1) is 9.66. The van der Waals surface area contributed by atoms with E-state index in [0.717, 1.165) is 19.3 Å². The van der Waals surface area contributed by atoms with Crippen LogP contribution in [0.25, 0.3) is 10.9 Å². The molecule has 0 bridgehead atoms. The number of rotatable bonds is 2. The first-order valence-corrected chi connectivity index (χ1v) is 6.44. The molecular formula is C13H14FN3O3.